The number of methoxy groups -OCH3 is 1. The smallest absolute Gasteiger partial charge is 0.338 e. The first-order valence-corrected chi connectivity index (χ1v) is 6.09. The fourth-order valence-electron chi connectivity index (χ4n) is 1.97. The van der Waals surface area contributed by atoms with Crippen molar-refractivity contribution in [2.75, 3.05) is 7.11 Å². The maximum absolute atomic E-state index is 11.7. The van der Waals surface area contributed by atoms with Crippen LogP contribution in [-0.2, 0) is 11.3 Å². The van der Waals surface area contributed by atoms with Gasteiger partial charge >= 0.3 is 11.9 Å². The summed E-state index contributed by atoms with van der Waals surface area (Å²) in [7, 11) is 1.24. The summed E-state index contributed by atoms with van der Waals surface area (Å²) in [6.07, 6.45) is 1.47. The van der Waals surface area contributed by atoms with Gasteiger partial charge in [0, 0.05) is 11.8 Å². The number of carboxylic acids is 1. The van der Waals surface area contributed by atoms with Crippen molar-refractivity contribution in [3.8, 4) is 11.3 Å². The number of aromatic nitrogens is 1. The van der Waals surface area contributed by atoms with E-state index in [1.54, 1.807) is 12.1 Å². The fraction of sp³-hybridized carbons (Fsp3) is 0.133. The zero-order valence-corrected chi connectivity index (χ0v) is 11.2. The second-order valence-electron chi connectivity index (χ2n) is 4.23. The molecule has 21 heavy (non-hydrogen) atoms. The molecule has 0 saturated carbocycles. The number of hydrogen-bond acceptors (Lipinski definition) is 5. The van der Waals surface area contributed by atoms with Crippen molar-refractivity contribution in [1.29, 1.82) is 0 Å². The number of aromatic carboxylic acids is 1. The molecule has 6 nitrogen and oxygen atoms in total. The Balaban J connectivity index is 2.61. The Morgan fingerprint density at radius 1 is 1.24 bits per heavy atom. The Morgan fingerprint density at radius 2 is 2.00 bits per heavy atom. The largest absolute Gasteiger partial charge is 0.478 e. The van der Waals surface area contributed by atoms with Gasteiger partial charge in [0.05, 0.1) is 30.5 Å². The number of esters is 1. The molecule has 2 N–H and O–H groups in total. The van der Waals surface area contributed by atoms with Gasteiger partial charge in [-0.05, 0) is 23.8 Å². The molecule has 0 radical (unpaired) electrons. The van der Waals surface area contributed by atoms with Crippen LogP contribution in [0.4, 0.5) is 0 Å². The lowest BCUT2D eigenvalue weighted by atomic mass is 10.00. The normalized spacial score (nSPS) is 10.2. The van der Waals surface area contributed by atoms with Crippen LogP contribution in [-0.4, -0.2) is 34.2 Å². The highest BCUT2D eigenvalue weighted by molar-refractivity contribution is 5.97. The van der Waals surface area contributed by atoms with E-state index in [1.807, 2.05) is 0 Å². The van der Waals surface area contributed by atoms with Gasteiger partial charge in [-0.3, -0.25) is 4.98 Å². The van der Waals surface area contributed by atoms with Gasteiger partial charge in [0.2, 0.25) is 0 Å². The molecule has 0 spiro atoms. The number of aliphatic hydroxyl groups excluding tert-OH is 1. The van der Waals surface area contributed by atoms with Gasteiger partial charge in [0.25, 0.3) is 0 Å². The van der Waals surface area contributed by atoms with Crippen molar-refractivity contribution in [3.05, 3.63) is 53.2 Å². The van der Waals surface area contributed by atoms with E-state index >= 15 is 0 Å². The molecule has 1 aromatic carbocycles. The lowest BCUT2D eigenvalue weighted by molar-refractivity contribution is 0.0596. The van der Waals surface area contributed by atoms with Gasteiger partial charge in [0.15, 0.2) is 0 Å². The number of carbonyl (C=O) groups excluding carboxylic acids is 1. The number of carbonyl (C=O) groups is 2. The Bertz CT molecular complexity index is 696. The molecule has 1 aromatic heterocycles. The van der Waals surface area contributed by atoms with Crippen molar-refractivity contribution < 1.29 is 24.5 Å². The summed E-state index contributed by atoms with van der Waals surface area (Å²) in [6, 6.07) is 7.57. The Hall–Kier alpha value is -2.73. The molecule has 0 fully saturated rings. The van der Waals surface area contributed by atoms with Crippen LogP contribution in [0.15, 0.2) is 36.5 Å². The molecule has 2 rings (SSSR count). The van der Waals surface area contributed by atoms with E-state index in [9.17, 15) is 19.8 Å². The molecule has 0 atom stereocenters. The predicted molar refractivity (Wildman–Crippen MR) is 73.9 cm³/mol. The molecule has 1 heterocycles. The van der Waals surface area contributed by atoms with Crippen molar-refractivity contribution in [2.24, 2.45) is 0 Å². The second-order valence-corrected chi connectivity index (χ2v) is 4.23. The van der Waals surface area contributed by atoms with E-state index in [0.717, 1.165) is 0 Å². The number of pyridine rings is 1. The third-order valence-electron chi connectivity index (χ3n) is 3.00. The number of ether oxygens (including phenoxy) is 1. The highest BCUT2D eigenvalue weighted by Gasteiger charge is 2.17. The average Bonchev–Trinajstić information content (AvgIpc) is 2.53. The van der Waals surface area contributed by atoms with Crippen molar-refractivity contribution in [1.82, 2.24) is 4.98 Å². The average molecular weight is 287 g/mol. The number of rotatable bonds is 4. The summed E-state index contributed by atoms with van der Waals surface area (Å²) in [5, 5.41) is 18.4. The first-order chi connectivity index (χ1) is 10.1. The highest BCUT2D eigenvalue weighted by Crippen LogP contribution is 2.24. The molecule has 0 amide bonds. The van der Waals surface area contributed by atoms with Gasteiger partial charge in [-0.2, -0.15) is 0 Å². The second kappa shape index (κ2) is 6.15. The number of nitrogens with zero attached hydrogens (tertiary/aromatic N) is 1. The van der Waals surface area contributed by atoms with Crippen LogP contribution in [0.1, 0.15) is 26.3 Å². The van der Waals surface area contributed by atoms with E-state index in [0.29, 0.717) is 11.1 Å². The summed E-state index contributed by atoms with van der Waals surface area (Å²) >= 11 is 0. The minimum absolute atomic E-state index is 0.0325. The van der Waals surface area contributed by atoms with E-state index in [-0.39, 0.29) is 23.4 Å². The van der Waals surface area contributed by atoms with Gasteiger partial charge < -0.3 is 14.9 Å². The molecule has 2 aromatic rings. The molecule has 0 aliphatic rings. The Morgan fingerprint density at radius 3 is 2.62 bits per heavy atom. The lowest BCUT2D eigenvalue weighted by Gasteiger charge is -2.10. The van der Waals surface area contributed by atoms with Crippen LogP contribution < -0.4 is 0 Å². The zero-order valence-electron chi connectivity index (χ0n) is 11.2. The van der Waals surface area contributed by atoms with Crippen LogP contribution in [0.25, 0.3) is 11.3 Å². The number of benzene rings is 1. The van der Waals surface area contributed by atoms with Gasteiger partial charge in [-0.15, -0.1) is 0 Å². The van der Waals surface area contributed by atoms with Crippen LogP contribution in [0.5, 0.6) is 0 Å². The summed E-state index contributed by atoms with van der Waals surface area (Å²) < 4.78 is 4.66. The maximum Gasteiger partial charge on any atom is 0.338 e. The molecule has 108 valence electrons. The third kappa shape index (κ3) is 2.90. The minimum atomic E-state index is -1.11. The van der Waals surface area contributed by atoms with E-state index in [1.165, 1.54) is 31.5 Å². The lowest BCUT2D eigenvalue weighted by Crippen LogP contribution is -2.07. The standard InChI is InChI=1S/C15H13NO5/c1-21-15(20)12-7-9(4-5-10(12)8-17)13-11(14(18)19)3-2-6-16-13/h2-7,17H,8H2,1H3,(H,18,19). The van der Waals surface area contributed by atoms with Crippen LogP contribution in [0.3, 0.4) is 0 Å². The molecule has 0 bridgehead atoms. The van der Waals surface area contributed by atoms with Gasteiger partial charge in [-0.25, -0.2) is 9.59 Å². The molecular formula is C15H13NO5. The third-order valence-corrected chi connectivity index (χ3v) is 3.00. The topological polar surface area (TPSA) is 96.7 Å². The van der Waals surface area contributed by atoms with Crippen molar-refractivity contribution in [3.63, 3.8) is 0 Å². The monoisotopic (exact) mass is 287 g/mol. The van der Waals surface area contributed by atoms with E-state index in [4.69, 9.17) is 0 Å². The Kier molecular flexibility index (Phi) is 4.30. The SMILES string of the molecule is COC(=O)c1cc(-c2ncccc2C(=O)O)ccc1CO. The summed E-state index contributed by atoms with van der Waals surface area (Å²) in [6.45, 7) is -0.321. The predicted octanol–water partition coefficient (Wildman–Crippen LogP) is 1.73. The first kappa shape index (κ1) is 14.7. The van der Waals surface area contributed by atoms with Gasteiger partial charge in [0.1, 0.15) is 0 Å². The molecule has 0 aliphatic heterocycles. The Labute approximate surface area is 120 Å². The number of aliphatic hydroxyl groups is 1. The molecule has 0 aliphatic carbocycles. The summed E-state index contributed by atoms with van der Waals surface area (Å²) in [5.74, 6) is -1.71. The summed E-state index contributed by atoms with van der Waals surface area (Å²) in [4.78, 5) is 27.0. The molecule has 0 unspecified atom stereocenters. The fourth-order valence-corrected chi connectivity index (χ4v) is 1.97. The van der Waals surface area contributed by atoms with Gasteiger partial charge in [-0.1, -0.05) is 12.1 Å². The molecule has 0 saturated heterocycles. The highest BCUT2D eigenvalue weighted by atomic mass is 16.5. The van der Waals surface area contributed by atoms with Crippen molar-refractivity contribution >= 4 is 11.9 Å². The molecular weight excluding hydrogens is 274 g/mol. The van der Waals surface area contributed by atoms with Crippen LogP contribution in [0, 0.1) is 0 Å². The first-order valence-electron chi connectivity index (χ1n) is 6.09. The number of hydrogen-bond donors (Lipinski definition) is 2. The van der Waals surface area contributed by atoms with Crippen LogP contribution >= 0.6 is 0 Å². The molecule has 6 heteroatoms. The van der Waals surface area contributed by atoms with E-state index in [2.05, 4.69) is 9.72 Å². The summed E-state index contributed by atoms with van der Waals surface area (Å²) in [5.41, 5.74) is 1.33. The minimum Gasteiger partial charge on any atom is -0.478 e. The quantitative estimate of drug-likeness (QED) is 0.831. The zero-order chi connectivity index (χ0) is 15.4. The maximum atomic E-state index is 11.7. The van der Waals surface area contributed by atoms with E-state index < -0.39 is 11.9 Å². The van der Waals surface area contributed by atoms with Crippen molar-refractivity contribution in [2.45, 2.75) is 6.61 Å². The number of carboxylic acid groups (broad SMARTS) is 1. The van der Waals surface area contributed by atoms with Crippen LogP contribution in [0.2, 0.25) is 0 Å².